The summed E-state index contributed by atoms with van der Waals surface area (Å²) in [6, 6.07) is 14.8. The predicted molar refractivity (Wildman–Crippen MR) is 67.0 cm³/mol. The highest BCUT2D eigenvalue weighted by molar-refractivity contribution is 5.94. The molecule has 0 saturated heterocycles. The summed E-state index contributed by atoms with van der Waals surface area (Å²) in [5, 5.41) is 2.56. The van der Waals surface area contributed by atoms with Gasteiger partial charge in [-0.15, -0.1) is 0 Å². The fourth-order valence-electron chi connectivity index (χ4n) is 2.07. The molecule has 0 bridgehead atoms. The lowest BCUT2D eigenvalue weighted by Crippen LogP contribution is -1.97. The first-order valence-electron chi connectivity index (χ1n) is 5.40. The molecule has 1 nitrogen and oxygen atoms in total. The van der Waals surface area contributed by atoms with Crippen LogP contribution < -0.4 is 0 Å². The number of benzene rings is 2. The predicted octanol–water partition coefficient (Wildman–Crippen LogP) is 3.77. The zero-order chi connectivity index (χ0) is 10.8. The standard InChI is InChI=1S/C15H12O/c1-2-8-14-12(5-1)6-3-9-15(14)13-7-4-10-16-11-13/h1-10H,11H2. The van der Waals surface area contributed by atoms with E-state index in [1.165, 1.54) is 21.9 Å². The second kappa shape index (κ2) is 3.86. The van der Waals surface area contributed by atoms with E-state index in [0.717, 1.165) is 0 Å². The van der Waals surface area contributed by atoms with Crippen LogP contribution in [0.2, 0.25) is 0 Å². The van der Waals surface area contributed by atoms with Gasteiger partial charge in [-0.1, -0.05) is 48.5 Å². The maximum absolute atomic E-state index is 5.34. The molecule has 3 rings (SSSR count). The topological polar surface area (TPSA) is 9.23 Å². The van der Waals surface area contributed by atoms with Gasteiger partial charge in [0.1, 0.15) is 6.61 Å². The van der Waals surface area contributed by atoms with Crippen molar-refractivity contribution in [2.75, 3.05) is 6.61 Å². The van der Waals surface area contributed by atoms with Crippen LogP contribution in [-0.4, -0.2) is 6.61 Å². The van der Waals surface area contributed by atoms with Gasteiger partial charge in [0.2, 0.25) is 0 Å². The molecule has 2 aromatic carbocycles. The van der Waals surface area contributed by atoms with Crippen LogP contribution in [-0.2, 0) is 4.74 Å². The molecule has 2 aromatic rings. The maximum atomic E-state index is 5.34. The molecule has 1 aliphatic rings. The van der Waals surface area contributed by atoms with E-state index in [9.17, 15) is 0 Å². The molecule has 0 amide bonds. The lowest BCUT2D eigenvalue weighted by atomic mass is 9.98. The van der Waals surface area contributed by atoms with E-state index in [1.54, 1.807) is 6.26 Å². The van der Waals surface area contributed by atoms with Gasteiger partial charge in [-0.25, -0.2) is 0 Å². The number of hydrogen-bond donors (Lipinski definition) is 0. The van der Waals surface area contributed by atoms with E-state index in [2.05, 4.69) is 48.5 Å². The SMILES string of the molecule is C1=COCC(c2cccc3ccccc23)=C1. The van der Waals surface area contributed by atoms with Gasteiger partial charge in [0.15, 0.2) is 0 Å². The molecular weight excluding hydrogens is 196 g/mol. The molecule has 0 unspecified atom stereocenters. The van der Waals surface area contributed by atoms with Crippen LogP contribution in [0, 0.1) is 0 Å². The Morgan fingerprint density at radius 1 is 0.938 bits per heavy atom. The Labute approximate surface area is 94.7 Å². The number of rotatable bonds is 1. The number of hydrogen-bond acceptors (Lipinski definition) is 1. The molecule has 0 aromatic heterocycles. The van der Waals surface area contributed by atoms with Crippen LogP contribution >= 0.6 is 0 Å². The lowest BCUT2D eigenvalue weighted by molar-refractivity contribution is 0.293. The van der Waals surface area contributed by atoms with Crippen molar-refractivity contribution in [1.82, 2.24) is 0 Å². The van der Waals surface area contributed by atoms with Crippen molar-refractivity contribution < 1.29 is 4.74 Å². The highest BCUT2D eigenvalue weighted by Crippen LogP contribution is 2.26. The zero-order valence-electron chi connectivity index (χ0n) is 8.89. The minimum absolute atomic E-state index is 0.657. The van der Waals surface area contributed by atoms with Crippen LogP contribution in [0.3, 0.4) is 0 Å². The zero-order valence-corrected chi connectivity index (χ0v) is 8.89. The summed E-state index contributed by atoms with van der Waals surface area (Å²) in [7, 11) is 0. The van der Waals surface area contributed by atoms with E-state index >= 15 is 0 Å². The van der Waals surface area contributed by atoms with Gasteiger partial charge in [0.25, 0.3) is 0 Å². The maximum Gasteiger partial charge on any atom is 0.113 e. The normalized spacial score (nSPS) is 14.6. The average Bonchev–Trinajstić information content (AvgIpc) is 2.39. The third kappa shape index (κ3) is 1.50. The van der Waals surface area contributed by atoms with Gasteiger partial charge >= 0.3 is 0 Å². The molecule has 0 N–H and O–H groups in total. The summed E-state index contributed by atoms with van der Waals surface area (Å²) >= 11 is 0. The number of allylic oxidation sites excluding steroid dienone is 2. The molecule has 0 spiro atoms. The molecule has 0 atom stereocenters. The Hall–Kier alpha value is -2.02. The molecule has 0 fully saturated rings. The van der Waals surface area contributed by atoms with Crippen molar-refractivity contribution >= 4 is 16.3 Å². The van der Waals surface area contributed by atoms with Crippen molar-refractivity contribution in [3.05, 3.63) is 66.4 Å². The van der Waals surface area contributed by atoms with E-state index in [1.807, 2.05) is 6.08 Å². The third-order valence-corrected chi connectivity index (χ3v) is 2.85. The lowest BCUT2D eigenvalue weighted by Gasteiger charge is -2.12. The van der Waals surface area contributed by atoms with E-state index in [0.29, 0.717) is 6.61 Å². The summed E-state index contributed by atoms with van der Waals surface area (Å²) in [4.78, 5) is 0. The Bertz CT molecular complexity index is 574. The number of ether oxygens (including phenoxy) is 1. The monoisotopic (exact) mass is 208 g/mol. The largest absolute Gasteiger partial charge is 0.496 e. The average molecular weight is 208 g/mol. The van der Waals surface area contributed by atoms with E-state index < -0.39 is 0 Å². The third-order valence-electron chi connectivity index (χ3n) is 2.85. The Balaban J connectivity index is 2.23. The molecule has 78 valence electrons. The molecule has 1 heteroatoms. The summed E-state index contributed by atoms with van der Waals surface area (Å²) in [5.41, 5.74) is 2.50. The van der Waals surface area contributed by atoms with Gasteiger partial charge in [0, 0.05) is 0 Å². The van der Waals surface area contributed by atoms with E-state index in [4.69, 9.17) is 4.74 Å². The summed E-state index contributed by atoms with van der Waals surface area (Å²) in [5.74, 6) is 0. The Morgan fingerprint density at radius 2 is 1.81 bits per heavy atom. The van der Waals surface area contributed by atoms with Gasteiger partial charge in [-0.05, 0) is 28.0 Å². The van der Waals surface area contributed by atoms with Crippen LogP contribution in [0.15, 0.2) is 60.9 Å². The van der Waals surface area contributed by atoms with Crippen LogP contribution in [0.5, 0.6) is 0 Å². The molecule has 0 aliphatic carbocycles. The van der Waals surface area contributed by atoms with Gasteiger partial charge in [0.05, 0.1) is 6.26 Å². The Kier molecular flexibility index (Phi) is 2.22. The van der Waals surface area contributed by atoms with E-state index in [-0.39, 0.29) is 0 Å². The van der Waals surface area contributed by atoms with Crippen molar-refractivity contribution in [1.29, 1.82) is 0 Å². The highest BCUT2D eigenvalue weighted by Gasteiger charge is 2.07. The van der Waals surface area contributed by atoms with Crippen LogP contribution in [0.4, 0.5) is 0 Å². The van der Waals surface area contributed by atoms with Crippen molar-refractivity contribution in [2.45, 2.75) is 0 Å². The second-order valence-corrected chi connectivity index (χ2v) is 3.86. The molecule has 0 radical (unpaired) electrons. The molecule has 0 saturated carbocycles. The summed E-state index contributed by atoms with van der Waals surface area (Å²) < 4.78 is 5.34. The minimum Gasteiger partial charge on any atom is -0.496 e. The summed E-state index contributed by atoms with van der Waals surface area (Å²) in [6.45, 7) is 0.657. The Morgan fingerprint density at radius 3 is 2.69 bits per heavy atom. The van der Waals surface area contributed by atoms with Crippen molar-refractivity contribution in [3.63, 3.8) is 0 Å². The molecule has 16 heavy (non-hydrogen) atoms. The highest BCUT2D eigenvalue weighted by atomic mass is 16.5. The van der Waals surface area contributed by atoms with Crippen LogP contribution in [0.25, 0.3) is 16.3 Å². The molecule has 1 aliphatic heterocycles. The van der Waals surface area contributed by atoms with Crippen molar-refractivity contribution in [3.8, 4) is 0 Å². The quantitative estimate of drug-likeness (QED) is 0.693. The smallest absolute Gasteiger partial charge is 0.113 e. The van der Waals surface area contributed by atoms with Crippen LogP contribution in [0.1, 0.15) is 5.56 Å². The van der Waals surface area contributed by atoms with Gasteiger partial charge in [-0.3, -0.25) is 0 Å². The van der Waals surface area contributed by atoms with Crippen molar-refractivity contribution in [2.24, 2.45) is 0 Å². The first-order valence-corrected chi connectivity index (χ1v) is 5.40. The summed E-state index contributed by atoms with van der Waals surface area (Å²) in [6.07, 6.45) is 5.79. The first kappa shape index (κ1) is 9.22. The fourth-order valence-corrected chi connectivity index (χ4v) is 2.07. The van der Waals surface area contributed by atoms with Gasteiger partial charge in [-0.2, -0.15) is 0 Å². The second-order valence-electron chi connectivity index (χ2n) is 3.86. The minimum atomic E-state index is 0.657. The molecular formula is C15H12O. The van der Waals surface area contributed by atoms with Gasteiger partial charge < -0.3 is 4.74 Å². The molecule has 1 heterocycles. The first-order chi connectivity index (χ1) is 7.95. The number of fused-ring (bicyclic) bond motifs is 1. The fraction of sp³-hybridized carbons (Fsp3) is 0.0667.